The minimum atomic E-state index is -0.569. The Morgan fingerprint density at radius 2 is 1.84 bits per heavy atom. The third kappa shape index (κ3) is 4.17. The van der Waals surface area contributed by atoms with Crippen molar-refractivity contribution in [2.45, 2.75) is 76.2 Å². The van der Waals surface area contributed by atoms with E-state index in [9.17, 15) is 4.79 Å². The average Bonchev–Trinajstić information content (AvgIpc) is 3.43. The summed E-state index contributed by atoms with van der Waals surface area (Å²) in [5.74, 6) is 2.27. The van der Waals surface area contributed by atoms with E-state index in [-0.39, 0.29) is 6.10 Å². The van der Waals surface area contributed by atoms with Crippen molar-refractivity contribution < 1.29 is 13.8 Å². The van der Waals surface area contributed by atoms with Crippen molar-refractivity contribution in [3.63, 3.8) is 0 Å². The number of piperidine rings is 1. The number of H-pyrrole nitrogens is 1. The first-order chi connectivity index (χ1) is 18.1. The molecule has 5 heterocycles. The van der Waals surface area contributed by atoms with Gasteiger partial charge >= 0.3 is 5.76 Å². The molecule has 7 rings (SSSR count). The van der Waals surface area contributed by atoms with Gasteiger partial charge in [0, 0.05) is 40.9 Å². The van der Waals surface area contributed by atoms with E-state index < -0.39 is 5.76 Å². The van der Waals surface area contributed by atoms with Crippen LogP contribution < -0.4 is 10.7 Å². The fourth-order valence-electron chi connectivity index (χ4n) is 6.05. The van der Waals surface area contributed by atoms with E-state index in [1.165, 1.54) is 5.56 Å². The molecule has 1 aliphatic carbocycles. The fraction of sp³-hybridized carbons (Fsp3) is 0.429. The topological polar surface area (TPSA) is 110 Å². The molecule has 0 amide bonds. The molecule has 4 aromatic rings. The monoisotopic (exact) mass is 499 g/mol. The van der Waals surface area contributed by atoms with Crippen LogP contribution in [0.5, 0.6) is 0 Å². The van der Waals surface area contributed by atoms with Crippen LogP contribution in [-0.4, -0.2) is 38.5 Å². The first-order valence-electron chi connectivity index (χ1n) is 13.1. The standard InChI is InChI=1S/C28H29N5O4/c1-16-4-2-3-5-22(16)25-23(26(36-31-25)17-6-7-17)15-35-21-12-19-9-10-20(13-21)33(19)24-11-8-18(14-29-24)27-30-28(34)37-32-27/h2-5,8,11,14,17,19-21H,6-7,9-10,12-13,15H2,1H3,(H,30,32,34)/t19-,20+,21+. The van der Waals surface area contributed by atoms with Crippen LogP contribution in [0, 0.1) is 6.92 Å². The number of hydrogen-bond acceptors (Lipinski definition) is 8. The zero-order chi connectivity index (χ0) is 24.9. The van der Waals surface area contributed by atoms with Crippen LogP contribution in [0.4, 0.5) is 5.82 Å². The molecule has 0 unspecified atom stereocenters. The molecule has 0 spiro atoms. The lowest BCUT2D eigenvalue weighted by molar-refractivity contribution is 0.0146. The molecule has 2 saturated heterocycles. The van der Waals surface area contributed by atoms with Crippen LogP contribution in [-0.2, 0) is 11.3 Å². The zero-order valence-electron chi connectivity index (χ0n) is 20.7. The normalized spacial score (nSPS) is 23.1. The number of aromatic amines is 1. The molecule has 0 radical (unpaired) electrons. The Balaban J connectivity index is 1.06. The van der Waals surface area contributed by atoms with E-state index in [2.05, 4.69) is 55.9 Å². The van der Waals surface area contributed by atoms with Crippen LogP contribution in [0.1, 0.15) is 61.3 Å². The van der Waals surface area contributed by atoms with Crippen molar-refractivity contribution in [3.8, 4) is 22.6 Å². The molecule has 1 N–H and O–H groups in total. The Hall–Kier alpha value is -3.72. The van der Waals surface area contributed by atoms with E-state index >= 15 is 0 Å². The van der Waals surface area contributed by atoms with Crippen LogP contribution >= 0.6 is 0 Å². The van der Waals surface area contributed by atoms with Gasteiger partial charge in [0.15, 0.2) is 5.82 Å². The Labute approximate surface area is 213 Å². The van der Waals surface area contributed by atoms with Gasteiger partial charge in [-0.3, -0.25) is 9.51 Å². The molecule has 190 valence electrons. The van der Waals surface area contributed by atoms with Gasteiger partial charge in [0.2, 0.25) is 0 Å². The minimum Gasteiger partial charge on any atom is -0.373 e. The highest BCUT2D eigenvalue weighted by molar-refractivity contribution is 5.67. The lowest BCUT2D eigenvalue weighted by atomic mass is 9.98. The second-order valence-corrected chi connectivity index (χ2v) is 10.5. The first kappa shape index (κ1) is 22.5. The predicted octanol–water partition coefficient (Wildman–Crippen LogP) is 4.98. The third-order valence-corrected chi connectivity index (χ3v) is 8.05. The van der Waals surface area contributed by atoms with E-state index in [0.717, 1.165) is 72.5 Å². The van der Waals surface area contributed by atoms with Gasteiger partial charge in [0.25, 0.3) is 0 Å². The average molecular weight is 500 g/mol. The maximum absolute atomic E-state index is 11.3. The van der Waals surface area contributed by atoms with Crippen LogP contribution in [0.15, 0.2) is 56.4 Å². The third-order valence-electron chi connectivity index (χ3n) is 8.05. The minimum absolute atomic E-state index is 0.194. The largest absolute Gasteiger partial charge is 0.439 e. The molecular weight excluding hydrogens is 470 g/mol. The molecule has 9 heteroatoms. The quantitative estimate of drug-likeness (QED) is 0.379. The van der Waals surface area contributed by atoms with E-state index in [1.54, 1.807) is 6.20 Å². The summed E-state index contributed by atoms with van der Waals surface area (Å²) in [6.07, 6.45) is 8.48. The summed E-state index contributed by atoms with van der Waals surface area (Å²) in [5, 5.41) is 8.24. The SMILES string of the molecule is Cc1ccccc1-c1noc(C2CC2)c1CO[C@H]1C[C@H]2CC[C@@H](C1)N2c1ccc(-c2noc(=O)[nH]2)cn1. The summed E-state index contributed by atoms with van der Waals surface area (Å²) in [4.78, 5) is 21.0. The Bertz CT molecular complexity index is 1450. The number of benzene rings is 1. The number of nitrogens with zero attached hydrogens (tertiary/aromatic N) is 4. The van der Waals surface area contributed by atoms with Gasteiger partial charge in [-0.15, -0.1) is 0 Å². The summed E-state index contributed by atoms with van der Waals surface area (Å²) in [6.45, 7) is 2.65. The van der Waals surface area contributed by atoms with Crippen molar-refractivity contribution >= 4 is 5.82 Å². The molecule has 1 aromatic carbocycles. The molecule has 1 saturated carbocycles. The highest BCUT2D eigenvalue weighted by Gasteiger charge is 2.42. The number of fused-ring (bicyclic) bond motifs is 2. The summed E-state index contributed by atoms with van der Waals surface area (Å²) < 4.78 is 17.1. The summed E-state index contributed by atoms with van der Waals surface area (Å²) >= 11 is 0. The van der Waals surface area contributed by atoms with E-state index in [1.807, 2.05) is 12.1 Å². The van der Waals surface area contributed by atoms with Crippen LogP contribution in [0.2, 0.25) is 0 Å². The fourth-order valence-corrected chi connectivity index (χ4v) is 6.05. The van der Waals surface area contributed by atoms with Gasteiger partial charge in [-0.2, -0.15) is 0 Å². The molecular formula is C28H29N5O4. The van der Waals surface area contributed by atoms with Crippen molar-refractivity contribution in [1.82, 2.24) is 20.3 Å². The highest BCUT2D eigenvalue weighted by atomic mass is 16.5. The molecule has 37 heavy (non-hydrogen) atoms. The molecule has 3 aliphatic rings. The number of anilines is 1. The second-order valence-electron chi connectivity index (χ2n) is 10.5. The van der Waals surface area contributed by atoms with Crippen molar-refractivity contribution in [3.05, 3.63) is 70.0 Å². The molecule has 9 nitrogen and oxygen atoms in total. The number of ether oxygens (including phenoxy) is 1. The smallest absolute Gasteiger partial charge is 0.373 e. The van der Waals surface area contributed by atoms with Gasteiger partial charge < -0.3 is 14.2 Å². The number of aryl methyl sites for hydroxylation is 1. The number of rotatable bonds is 7. The maximum Gasteiger partial charge on any atom is 0.439 e. The molecule has 2 bridgehead atoms. The molecule has 3 fully saturated rings. The lowest BCUT2D eigenvalue weighted by Gasteiger charge is -2.39. The van der Waals surface area contributed by atoms with Gasteiger partial charge in [-0.1, -0.05) is 34.6 Å². The molecule has 2 aliphatic heterocycles. The van der Waals surface area contributed by atoms with Crippen molar-refractivity contribution in [2.24, 2.45) is 0 Å². The Kier molecular flexibility index (Phi) is 5.46. The summed E-state index contributed by atoms with van der Waals surface area (Å²) in [5.41, 5.74) is 5.09. The Morgan fingerprint density at radius 3 is 2.51 bits per heavy atom. The number of pyridine rings is 1. The van der Waals surface area contributed by atoms with Crippen molar-refractivity contribution in [1.29, 1.82) is 0 Å². The highest BCUT2D eigenvalue weighted by Crippen LogP contribution is 2.45. The van der Waals surface area contributed by atoms with Gasteiger partial charge in [-0.05, 0) is 63.1 Å². The predicted molar refractivity (Wildman–Crippen MR) is 136 cm³/mol. The second kappa shape index (κ2) is 8.99. The lowest BCUT2D eigenvalue weighted by Crippen LogP contribution is -2.46. The number of hydrogen-bond donors (Lipinski definition) is 1. The van der Waals surface area contributed by atoms with Gasteiger partial charge in [-0.25, -0.2) is 9.78 Å². The van der Waals surface area contributed by atoms with Gasteiger partial charge in [0.1, 0.15) is 17.3 Å². The van der Waals surface area contributed by atoms with Crippen LogP contribution in [0.25, 0.3) is 22.6 Å². The number of nitrogens with one attached hydrogen (secondary N) is 1. The number of aromatic nitrogens is 4. The zero-order valence-corrected chi connectivity index (χ0v) is 20.7. The maximum atomic E-state index is 11.3. The molecule has 3 atom stereocenters. The van der Waals surface area contributed by atoms with E-state index in [4.69, 9.17) is 14.2 Å². The summed E-state index contributed by atoms with van der Waals surface area (Å²) in [6, 6.07) is 13.1. The van der Waals surface area contributed by atoms with Gasteiger partial charge in [0.05, 0.1) is 12.7 Å². The summed E-state index contributed by atoms with van der Waals surface area (Å²) in [7, 11) is 0. The van der Waals surface area contributed by atoms with E-state index in [0.29, 0.717) is 30.4 Å². The molecule has 3 aromatic heterocycles. The van der Waals surface area contributed by atoms with Crippen LogP contribution in [0.3, 0.4) is 0 Å². The first-order valence-corrected chi connectivity index (χ1v) is 13.1. The Morgan fingerprint density at radius 1 is 1.03 bits per heavy atom. The van der Waals surface area contributed by atoms with Crippen molar-refractivity contribution in [2.75, 3.05) is 4.90 Å².